The molecule has 1 aromatic carbocycles. The monoisotopic (exact) mass is 409 g/mol. The Morgan fingerprint density at radius 3 is 2.44 bits per heavy atom. The van der Waals surface area contributed by atoms with E-state index in [2.05, 4.69) is 15.3 Å². The molecule has 0 saturated carbocycles. The van der Waals surface area contributed by atoms with E-state index in [0.717, 1.165) is 11.8 Å². The Morgan fingerprint density at radius 2 is 1.93 bits per heavy atom. The van der Waals surface area contributed by atoms with Crippen LogP contribution in [0.25, 0.3) is 0 Å². The molecule has 0 aliphatic rings. The molecule has 0 spiro atoms. The van der Waals surface area contributed by atoms with E-state index in [1.54, 1.807) is 19.1 Å². The Morgan fingerprint density at radius 1 is 1.30 bits per heavy atom. The number of H-pyrrole nitrogens is 1. The van der Waals surface area contributed by atoms with Gasteiger partial charge in [0.1, 0.15) is 0 Å². The maximum atomic E-state index is 12.2. The molecule has 9 heteroatoms. The fourth-order valence-corrected chi connectivity index (χ4v) is 3.67. The van der Waals surface area contributed by atoms with Crippen LogP contribution in [0.4, 0.5) is 0 Å². The molecule has 1 heterocycles. The third-order valence-electron chi connectivity index (χ3n) is 4.18. The summed E-state index contributed by atoms with van der Waals surface area (Å²) in [6, 6.07) is 6.13. The first-order valence-electron chi connectivity index (χ1n) is 8.35. The van der Waals surface area contributed by atoms with Crippen molar-refractivity contribution in [3.8, 4) is 0 Å². The third kappa shape index (κ3) is 5.67. The number of hydrogen-bond acceptors (Lipinski definition) is 6. The van der Waals surface area contributed by atoms with Gasteiger partial charge >= 0.3 is 0 Å². The number of carbonyl (C=O) groups excluding carboxylic acids is 1. The lowest BCUT2D eigenvalue weighted by Crippen LogP contribution is -2.28. The summed E-state index contributed by atoms with van der Waals surface area (Å²) < 4.78 is 23.0. The fourth-order valence-electron chi connectivity index (χ4n) is 2.61. The highest BCUT2D eigenvalue weighted by Crippen LogP contribution is 2.16. The van der Waals surface area contributed by atoms with Crippen LogP contribution >= 0.6 is 11.8 Å². The number of rotatable bonds is 7. The van der Waals surface area contributed by atoms with Crippen molar-refractivity contribution in [3.63, 3.8) is 0 Å². The average molecular weight is 410 g/mol. The van der Waals surface area contributed by atoms with E-state index in [1.165, 1.54) is 23.9 Å². The first-order chi connectivity index (χ1) is 12.6. The minimum absolute atomic E-state index is 0.163. The molecule has 0 radical (unpaired) electrons. The Labute approximate surface area is 162 Å². The average Bonchev–Trinajstić information content (AvgIpc) is 2.60. The number of aryl methyl sites for hydroxylation is 1. The van der Waals surface area contributed by atoms with E-state index in [-0.39, 0.29) is 28.8 Å². The molecule has 1 atom stereocenters. The maximum absolute atomic E-state index is 12.2. The molecular weight excluding hydrogens is 386 g/mol. The summed E-state index contributed by atoms with van der Waals surface area (Å²) in [5, 5.41) is 3.41. The van der Waals surface area contributed by atoms with E-state index < -0.39 is 9.84 Å². The maximum Gasteiger partial charge on any atom is 0.254 e. The van der Waals surface area contributed by atoms with Gasteiger partial charge in [-0.3, -0.25) is 9.59 Å². The number of sulfone groups is 1. The van der Waals surface area contributed by atoms with Crippen LogP contribution in [-0.4, -0.2) is 36.8 Å². The number of carbonyl (C=O) groups is 1. The van der Waals surface area contributed by atoms with E-state index in [9.17, 15) is 18.0 Å². The number of nitrogens with zero attached hydrogens (tertiary/aromatic N) is 1. The molecular formula is C18H23N3O4S2. The van der Waals surface area contributed by atoms with E-state index in [4.69, 9.17) is 0 Å². The Hall–Kier alpha value is -2.13. The largest absolute Gasteiger partial charge is 0.350 e. The second-order valence-electron chi connectivity index (χ2n) is 6.27. The molecule has 0 unspecified atom stereocenters. The molecule has 146 valence electrons. The zero-order chi connectivity index (χ0) is 20.2. The van der Waals surface area contributed by atoms with Gasteiger partial charge in [-0.2, -0.15) is 0 Å². The summed E-state index contributed by atoms with van der Waals surface area (Å²) in [6.07, 6.45) is 3.44. The zero-order valence-electron chi connectivity index (χ0n) is 15.7. The molecule has 2 N–H and O–H groups in total. The lowest BCUT2D eigenvalue weighted by atomic mass is 10.1. The summed E-state index contributed by atoms with van der Waals surface area (Å²) in [6.45, 7) is 3.58. The van der Waals surface area contributed by atoms with Crippen LogP contribution < -0.4 is 10.9 Å². The van der Waals surface area contributed by atoms with Crippen molar-refractivity contribution in [2.24, 2.45) is 0 Å². The summed E-state index contributed by atoms with van der Waals surface area (Å²) in [5.74, 6) is -0.192. The van der Waals surface area contributed by atoms with Crippen molar-refractivity contribution < 1.29 is 13.2 Å². The standard InChI is InChI=1S/C18H23N3O4S2/c1-11(13-5-7-14(8-6-13)27(4,24)25)19-16(22)10-9-15-12(2)20-18(26-3)21-17(15)23/h5-8,11H,9-10H2,1-4H3,(H,19,22)(H,20,21,23)/t11-/m0/s1. The predicted octanol–water partition coefficient (Wildman–Crippen LogP) is 2.01. The number of nitrogens with one attached hydrogen (secondary N) is 2. The summed E-state index contributed by atoms with van der Waals surface area (Å²) in [7, 11) is -3.25. The molecule has 7 nitrogen and oxygen atoms in total. The highest BCUT2D eigenvalue weighted by Gasteiger charge is 2.14. The molecule has 1 amide bonds. The van der Waals surface area contributed by atoms with Gasteiger partial charge in [-0.15, -0.1) is 0 Å². The first-order valence-corrected chi connectivity index (χ1v) is 11.5. The van der Waals surface area contributed by atoms with Crippen molar-refractivity contribution >= 4 is 27.5 Å². The van der Waals surface area contributed by atoms with Gasteiger partial charge in [0.25, 0.3) is 5.56 Å². The molecule has 27 heavy (non-hydrogen) atoms. The topological polar surface area (TPSA) is 109 Å². The van der Waals surface area contributed by atoms with Crippen LogP contribution in [0, 0.1) is 6.92 Å². The number of hydrogen-bond donors (Lipinski definition) is 2. The molecule has 1 aromatic heterocycles. The van der Waals surface area contributed by atoms with E-state index >= 15 is 0 Å². The highest BCUT2D eigenvalue weighted by molar-refractivity contribution is 7.98. The zero-order valence-corrected chi connectivity index (χ0v) is 17.3. The smallest absolute Gasteiger partial charge is 0.254 e. The van der Waals surface area contributed by atoms with Crippen LogP contribution in [-0.2, 0) is 21.1 Å². The van der Waals surface area contributed by atoms with Crippen molar-refractivity contribution in [3.05, 3.63) is 51.4 Å². The van der Waals surface area contributed by atoms with E-state index in [1.807, 2.05) is 13.2 Å². The van der Waals surface area contributed by atoms with Gasteiger partial charge in [0, 0.05) is 23.9 Å². The molecule has 0 aliphatic carbocycles. The number of benzene rings is 1. The van der Waals surface area contributed by atoms with Crippen LogP contribution in [0.3, 0.4) is 0 Å². The number of amides is 1. The molecule has 0 saturated heterocycles. The predicted molar refractivity (Wildman–Crippen MR) is 106 cm³/mol. The van der Waals surface area contributed by atoms with Gasteiger partial charge in [0.05, 0.1) is 10.9 Å². The number of aromatic amines is 1. The molecule has 0 fully saturated rings. The van der Waals surface area contributed by atoms with Crippen LogP contribution in [0.1, 0.15) is 36.2 Å². The molecule has 0 aliphatic heterocycles. The SMILES string of the molecule is CSc1nc(C)c(CCC(=O)N[C@@H](C)c2ccc(S(C)(=O)=O)cc2)c(=O)[nH]1. The Bertz CT molecular complexity index is 983. The first kappa shape index (κ1) is 21.2. The van der Waals surface area contributed by atoms with Crippen molar-refractivity contribution in [2.75, 3.05) is 12.5 Å². The van der Waals surface area contributed by atoms with Crippen molar-refractivity contribution in [2.45, 2.75) is 42.8 Å². The van der Waals surface area contributed by atoms with Gasteiger partial charge < -0.3 is 10.3 Å². The van der Waals surface area contributed by atoms with Crippen molar-refractivity contribution in [1.82, 2.24) is 15.3 Å². The van der Waals surface area contributed by atoms with Gasteiger partial charge in [-0.05, 0) is 44.2 Å². The van der Waals surface area contributed by atoms with Crippen molar-refractivity contribution in [1.29, 1.82) is 0 Å². The van der Waals surface area contributed by atoms with E-state index in [0.29, 0.717) is 22.8 Å². The number of aromatic nitrogens is 2. The third-order valence-corrected chi connectivity index (χ3v) is 5.89. The summed E-state index contributed by atoms with van der Waals surface area (Å²) >= 11 is 1.36. The van der Waals surface area contributed by atoms with Gasteiger partial charge in [-0.25, -0.2) is 13.4 Å². The Balaban J connectivity index is 1.99. The summed E-state index contributed by atoms with van der Waals surface area (Å²) in [4.78, 5) is 31.5. The van der Waals surface area contributed by atoms with Gasteiger partial charge in [0.2, 0.25) is 5.91 Å². The molecule has 2 rings (SSSR count). The molecule has 2 aromatic rings. The van der Waals surface area contributed by atoms with Crippen LogP contribution in [0.15, 0.2) is 39.1 Å². The van der Waals surface area contributed by atoms with Crippen LogP contribution in [0.5, 0.6) is 0 Å². The Kier molecular flexibility index (Phi) is 6.83. The minimum atomic E-state index is -3.25. The fraction of sp³-hybridized carbons (Fsp3) is 0.389. The van der Waals surface area contributed by atoms with Crippen LogP contribution in [0.2, 0.25) is 0 Å². The second-order valence-corrected chi connectivity index (χ2v) is 9.08. The lowest BCUT2D eigenvalue weighted by molar-refractivity contribution is -0.121. The second kappa shape index (κ2) is 8.71. The highest BCUT2D eigenvalue weighted by atomic mass is 32.2. The quantitative estimate of drug-likeness (QED) is 0.535. The normalized spacial score (nSPS) is 12.6. The lowest BCUT2D eigenvalue weighted by Gasteiger charge is -2.15. The van der Waals surface area contributed by atoms with Gasteiger partial charge in [-0.1, -0.05) is 23.9 Å². The van der Waals surface area contributed by atoms with Gasteiger partial charge in [0.15, 0.2) is 15.0 Å². The minimum Gasteiger partial charge on any atom is -0.350 e. The number of thioether (sulfide) groups is 1. The summed E-state index contributed by atoms with van der Waals surface area (Å²) in [5.41, 5.74) is 1.72. The molecule has 0 bridgehead atoms.